The molecule has 0 aromatic heterocycles. The van der Waals surface area contributed by atoms with Crippen LogP contribution in [0.25, 0.3) is 0 Å². The number of rotatable bonds is 12. The number of carboxylic acid groups (broad SMARTS) is 1. The molecule has 3 nitrogen and oxygen atoms in total. The molecule has 0 amide bonds. The van der Waals surface area contributed by atoms with Crippen LogP contribution in [0, 0.1) is 5.92 Å². The zero-order chi connectivity index (χ0) is 18.8. The van der Waals surface area contributed by atoms with Gasteiger partial charge in [0.25, 0.3) is 0 Å². The first kappa shape index (κ1) is 21.5. The van der Waals surface area contributed by atoms with E-state index in [0.717, 1.165) is 56.9 Å². The van der Waals surface area contributed by atoms with E-state index in [4.69, 9.17) is 4.74 Å². The normalized spacial score (nSPS) is 11.1. The van der Waals surface area contributed by atoms with Crippen LogP contribution in [0.4, 0.5) is 0 Å². The molecule has 0 spiro atoms. The maximum absolute atomic E-state index is 11.9. The molecule has 0 unspecified atom stereocenters. The van der Waals surface area contributed by atoms with Crippen molar-refractivity contribution in [2.75, 3.05) is 6.61 Å². The van der Waals surface area contributed by atoms with Gasteiger partial charge < -0.3 is 9.84 Å². The highest BCUT2D eigenvalue weighted by atomic mass is 16.5. The fourth-order valence-corrected chi connectivity index (χ4v) is 3.19. The lowest BCUT2D eigenvalue weighted by molar-refractivity contribution is 0.0691. The highest BCUT2D eigenvalue weighted by Gasteiger charge is 2.21. The second-order valence-electron chi connectivity index (χ2n) is 7.27. The highest BCUT2D eigenvalue weighted by molar-refractivity contribution is 5.92. The smallest absolute Gasteiger partial charge is 0.339 e. The van der Waals surface area contributed by atoms with Gasteiger partial charge >= 0.3 is 5.97 Å². The van der Waals surface area contributed by atoms with Gasteiger partial charge in [0.2, 0.25) is 0 Å². The van der Waals surface area contributed by atoms with Gasteiger partial charge in [-0.05, 0) is 67.2 Å². The minimum absolute atomic E-state index is 0.346. The SMILES string of the molecule is CCCCc1cc(C(=O)O)c(OCCC(C)C)c(CCCC)c1CC. The van der Waals surface area contributed by atoms with Crippen molar-refractivity contribution >= 4 is 5.97 Å². The summed E-state index contributed by atoms with van der Waals surface area (Å²) in [4.78, 5) is 11.9. The third-order valence-electron chi connectivity index (χ3n) is 4.69. The fraction of sp³-hybridized carbons (Fsp3) is 0.682. The van der Waals surface area contributed by atoms with E-state index in [1.807, 2.05) is 6.07 Å². The van der Waals surface area contributed by atoms with Crippen molar-refractivity contribution in [3.63, 3.8) is 0 Å². The quantitative estimate of drug-likeness (QED) is 0.499. The number of ether oxygens (including phenoxy) is 1. The number of carbonyl (C=O) groups is 1. The van der Waals surface area contributed by atoms with Gasteiger partial charge in [-0.1, -0.05) is 47.5 Å². The highest BCUT2D eigenvalue weighted by Crippen LogP contribution is 2.33. The van der Waals surface area contributed by atoms with Gasteiger partial charge in [0.1, 0.15) is 11.3 Å². The van der Waals surface area contributed by atoms with Crippen LogP contribution >= 0.6 is 0 Å². The van der Waals surface area contributed by atoms with E-state index in [1.54, 1.807) is 0 Å². The molecule has 1 aromatic rings. The number of aromatic carboxylic acids is 1. The monoisotopic (exact) mass is 348 g/mol. The second-order valence-corrected chi connectivity index (χ2v) is 7.27. The van der Waals surface area contributed by atoms with E-state index in [9.17, 15) is 9.90 Å². The van der Waals surface area contributed by atoms with E-state index < -0.39 is 5.97 Å². The Morgan fingerprint density at radius 2 is 1.72 bits per heavy atom. The largest absolute Gasteiger partial charge is 0.492 e. The molecule has 0 atom stereocenters. The Morgan fingerprint density at radius 3 is 2.24 bits per heavy atom. The first-order valence-electron chi connectivity index (χ1n) is 9.99. The van der Waals surface area contributed by atoms with E-state index in [0.29, 0.717) is 23.8 Å². The Labute approximate surface area is 153 Å². The van der Waals surface area contributed by atoms with Gasteiger partial charge in [0.15, 0.2) is 0 Å². The van der Waals surface area contributed by atoms with Crippen LogP contribution in [-0.4, -0.2) is 17.7 Å². The van der Waals surface area contributed by atoms with Crippen molar-refractivity contribution in [2.45, 2.75) is 86.0 Å². The molecule has 0 saturated heterocycles. The van der Waals surface area contributed by atoms with Crippen LogP contribution in [-0.2, 0) is 19.3 Å². The molecule has 0 heterocycles. The summed E-state index contributed by atoms with van der Waals surface area (Å²) in [6, 6.07) is 1.87. The molecule has 1 aromatic carbocycles. The molecule has 142 valence electrons. The molecule has 3 heteroatoms. The number of carboxylic acids is 1. The predicted octanol–water partition coefficient (Wildman–Crippen LogP) is 6.06. The maximum Gasteiger partial charge on any atom is 0.339 e. The van der Waals surface area contributed by atoms with E-state index in [1.165, 1.54) is 11.1 Å². The van der Waals surface area contributed by atoms with Gasteiger partial charge in [-0.25, -0.2) is 4.79 Å². The van der Waals surface area contributed by atoms with Crippen molar-refractivity contribution in [1.82, 2.24) is 0 Å². The van der Waals surface area contributed by atoms with Crippen molar-refractivity contribution in [3.8, 4) is 5.75 Å². The van der Waals surface area contributed by atoms with Crippen LogP contribution < -0.4 is 4.74 Å². The Morgan fingerprint density at radius 1 is 1.08 bits per heavy atom. The molecule has 25 heavy (non-hydrogen) atoms. The summed E-state index contributed by atoms with van der Waals surface area (Å²) in [6.07, 6.45) is 8.07. The minimum atomic E-state index is -0.877. The summed E-state index contributed by atoms with van der Waals surface area (Å²) < 4.78 is 6.06. The fourth-order valence-electron chi connectivity index (χ4n) is 3.19. The van der Waals surface area contributed by atoms with E-state index >= 15 is 0 Å². The second kappa shape index (κ2) is 11.2. The lowest BCUT2D eigenvalue weighted by Crippen LogP contribution is -2.13. The molecule has 0 saturated carbocycles. The molecule has 1 rings (SSSR count). The lowest BCUT2D eigenvalue weighted by Gasteiger charge is -2.21. The average molecular weight is 349 g/mol. The molecule has 0 radical (unpaired) electrons. The van der Waals surface area contributed by atoms with Crippen LogP contribution in [0.1, 0.15) is 93.8 Å². The number of benzene rings is 1. The zero-order valence-corrected chi connectivity index (χ0v) is 16.8. The molecule has 0 bridgehead atoms. The molecule has 0 aliphatic rings. The number of unbranched alkanes of at least 4 members (excludes halogenated alkanes) is 2. The number of hydrogen-bond acceptors (Lipinski definition) is 2. The van der Waals surface area contributed by atoms with Crippen LogP contribution in [0.15, 0.2) is 6.07 Å². The number of hydrogen-bond donors (Lipinski definition) is 1. The molecular formula is C22H36O3. The van der Waals surface area contributed by atoms with Crippen LogP contribution in [0.5, 0.6) is 5.75 Å². The molecule has 0 aliphatic carbocycles. The van der Waals surface area contributed by atoms with Crippen molar-refractivity contribution in [1.29, 1.82) is 0 Å². The summed E-state index contributed by atoms with van der Waals surface area (Å²) in [6.45, 7) is 11.4. The zero-order valence-electron chi connectivity index (χ0n) is 16.8. The summed E-state index contributed by atoms with van der Waals surface area (Å²) in [5, 5.41) is 9.76. The summed E-state index contributed by atoms with van der Waals surface area (Å²) in [7, 11) is 0. The van der Waals surface area contributed by atoms with E-state index in [2.05, 4.69) is 34.6 Å². The molecule has 1 N–H and O–H groups in total. The first-order chi connectivity index (χ1) is 12.0. The minimum Gasteiger partial charge on any atom is -0.492 e. The van der Waals surface area contributed by atoms with Gasteiger partial charge in [0, 0.05) is 0 Å². The molecular weight excluding hydrogens is 312 g/mol. The molecule has 0 aliphatic heterocycles. The summed E-state index contributed by atoms with van der Waals surface area (Å²) in [5.74, 6) is 0.290. The topological polar surface area (TPSA) is 46.5 Å². The van der Waals surface area contributed by atoms with Gasteiger partial charge in [-0.2, -0.15) is 0 Å². The first-order valence-corrected chi connectivity index (χ1v) is 9.99. The third kappa shape index (κ3) is 6.37. The van der Waals surface area contributed by atoms with Crippen molar-refractivity contribution in [2.24, 2.45) is 5.92 Å². The Bertz CT molecular complexity index is 547. The lowest BCUT2D eigenvalue weighted by atomic mass is 9.89. The maximum atomic E-state index is 11.9. The van der Waals surface area contributed by atoms with Gasteiger partial charge in [-0.3, -0.25) is 0 Å². The standard InChI is InChI=1S/C22H36O3/c1-6-9-11-17-15-20(22(23)24)21(25-14-13-16(4)5)19(12-10-7-2)18(17)8-3/h15-16H,6-14H2,1-5H3,(H,23,24). The van der Waals surface area contributed by atoms with Crippen LogP contribution in [0.2, 0.25) is 0 Å². The Balaban J connectivity index is 3.37. The summed E-state index contributed by atoms with van der Waals surface area (Å²) in [5.41, 5.74) is 3.99. The molecule has 0 fully saturated rings. The summed E-state index contributed by atoms with van der Waals surface area (Å²) >= 11 is 0. The average Bonchev–Trinajstić information content (AvgIpc) is 2.57. The van der Waals surface area contributed by atoms with E-state index in [-0.39, 0.29) is 0 Å². The van der Waals surface area contributed by atoms with Crippen molar-refractivity contribution < 1.29 is 14.6 Å². The Kier molecular flexibility index (Phi) is 9.62. The van der Waals surface area contributed by atoms with Gasteiger partial charge in [-0.15, -0.1) is 0 Å². The number of aryl methyl sites for hydroxylation is 1. The predicted molar refractivity (Wildman–Crippen MR) is 105 cm³/mol. The van der Waals surface area contributed by atoms with Gasteiger partial charge in [0.05, 0.1) is 6.61 Å². The Hall–Kier alpha value is -1.51. The van der Waals surface area contributed by atoms with Crippen molar-refractivity contribution in [3.05, 3.63) is 28.3 Å². The van der Waals surface area contributed by atoms with Crippen LogP contribution in [0.3, 0.4) is 0 Å². The third-order valence-corrected chi connectivity index (χ3v) is 4.69.